The van der Waals surface area contributed by atoms with Crippen LogP contribution in [-0.4, -0.2) is 19.2 Å². The van der Waals surface area contributed by atoms with Gasteiger partial charge in [0.2, 0.25) is 11.8 Å². The number of nitrogens with zero attached hydrogens (tertiary/aromatic N) is 2. The lowest BCUT2D eigenvalue weighted by Crippen LogP contribution is -2.44. The highest BCUT2D eigenvalue weighted by Gasteiger charge is 2.31. The fourth-order valence-electron chi connectivity index (χ4n) is 2.36. The average molecular weight is 371 g/mol. The molecule has 1 fully saturated rings. The zero-order valence-corrected chi connectivity index (χ0v) is 12.0. The Morgan fingerprint density at radius 3 is 2.53 bits per heavy atom. The van der Waals surface area contributed by atoms with E-state index in [4.69, 9.17) is 0 Å². The van der Waals surface area contributed by atoms with Gasteiger partial charge in [0.05, 0.1) is 33.9 Å². The largest absolute Gasteiger partial charge is 0.338 e. The van der Waals surface area contributed by atoms with Gasteiger partial charge in [0, 0.05) is 6.42 Å². The van der Waals surface area contributed by atoms with Crippen LogP contribution in [0.5, 0.6) is 0 Å². The van der Waals surface area contributed by atoms with Gasteiger partial charge in [-0.15, -0.1) is 0 Å². The van der Waals surface area contributed by atoms with Crippen molar-refractivity contribution >= 4 is 45.7 Å². The van der Waals surface area contributed by atoms with Crippen LogP contribution < -0.4 is 11.0 Å². The van der Waals surface area contributed by atoms with E-state index >= 15 is 0 Å². The second-order valence-electron chi connectivity index (χ2n) is 4.39. The molecule has 1 atom stereocenters. The van der Waals surface area contributed by atoms with E-state index in [-0.39, 0.29) is 18.0 Å². The molecule has 7 heteroatoms. The van der Waals surface area contributed by atoms with E-state index in [2.05, 4.69) is 5.32 Å². The molecule has 1 aliphatic heterocycles. The van der Waals surface area contributed by atoms with Crippen molar-refractivity contribution in [1.29, 1.82) is 0 Å². The van der Waals surface area contributed by atoms with Crippen molar-refractivity contribution in [3.8, 4) is 0 Å². The van der Waals surface area contributed by atoms with Crippen molar-refractivity contribution in [3.63, 3.8) is 0 Å². The van der Waals surface area contributed by atoms with E-state index in [1.807, 2.05) is 41.1 Å². The SMILES string of the molecule is O=C1CCC(n2c(=O)n(I)c3ccccc32)C(=O)N1. The van der Waals surface area contributed by atoms with Crippen LogP contribution in [-0.2, 0) is 9.59 Å². The standard InChI is InChI=1S/C12H10IN3O3/c13-16-8-4-2-1-3-7(8)15(12(16)19)9-5-6-10(17)14-11(9)18/h1-4,9H,5-6H2,(H,14,17,18). The molecule has 3 rings (SSSR count). The average Bonchev–Trinajstić information content (AvgIpc) is 2.64. The van der Waals surface area contributed by atoms with Gasteiger partial charge in [-0.05, 0) is 18.6 Å². The molecule has 1 aromatic heterocycles. The molecule has 2 heterocycles. The highest BCUT2D eigenvalue weighted by molar-refractivity contribution is 14.1. The third kappa shape index (κ3) is 1.88. The van der Waals surface area contributed by atoms with E-state index in [9.17, 15) is 14.4 Å². The number of rotatable bonds is 1. The molecule has 1 saturated heterocycles. The van der Waals surface area contributed by atoms with Gasteiger partial charge in [0.25, 0.3) is 0 Å². The maximum absolute atomic E-state index is 12.3. The highest BCUT2D eigenvalue weighted by atomic mass is 127. The molecular formula is C12H10IN3O3. The number of fused-ring (bicyclic) bond motifs is 1. The number of carbonyl (C=O) groups excluding carboxylic acids is 2. The molecule has 1 aromatic carbocycles. The Balaban J connectivity index is 2.20. The first-order valence-corrected chi connectivity index (χ1v) is 6.78. The zero-order chi connectivity index (χ0) is 13.6. The second-order valence-corrected chi connectivity index (χ2v) is 5.35. The number of benzene rings is 1. The van der Waals surface area contributed by atoms with Crippen molar-refractivity contribution in [1.82, 2.24) is 12.7 Å². The maximum atomic E-state index is 12.3. The number of amides is 2. The van der Waals surface area contributed by atoms with E-state index in [1.54, 1.807) is 6.07 Å². The predicted octanol–water partition coefficient (Wildman–Crippen LogP) is 0.979. The summed E-state index contributed by atoms with van der Waals surface area (Å²) in [6.07, 6.45) is 0.610. The fraction of sp³-hybridized carbons (Fsp3) is 0.250. The maximum Gasteiger partial charge on any atom is 0.338 e. The Labute approximate surface area is 121 Å². The van der Waals surface area contributed by atoms with Crippen LogP contribution in [0.4, 0.5) is 0 Å². The van der Waals surface area contributed by atoms with Crippen molar-refractivity contribution in [2.24, 2.45) is 0 Å². The molecule has 2 amide bonds. The Morgan fingerprint density at radius 1 is 1.16 bits per heavy atom. The molecule has 1 N–H and O–H groups in total. The number of aromatic nitrogens is 2. The first-order chi connectivity index (χ1) is 9.09. The summed E-state index contributed by atoms with van der Waals surface area (Å²) >= 11 is 1.92. The van der Waals surface area contributed by atoms with E-state index in [0.29, 0.717) is 11.9 Å². The van der Waals surface area contributed by atoms with E-state index in [1.165, 1.54) is 7.35 Å². The predicted molar refractivity (Wildman–Crippen MR) is 77.0 cm³/mol. The third-order valence-electron chi connectivity index (χ3n) is 3.25. The molecule has 1 unspecified atom stereocenters. The van der Waals surface area contributed by atoms with E-state index < -0.39 is 11.9 Å². The lowest BCUT2D eigenvalue weighted by Gasteiger charge is -2.21. The Morgan fingerprint density at radius 2 is 1.84 bits per heavy atom. The van der Waals surface area contributed by atoms with Crippen LogP contribution in [0, 0.1) is 0 Å². The highest BCUT2D eigenvalue weighted by Crippen LogP contribution is 2.23. The van der Waals surface area contributed by atoms with Gasteiger partial charge in [-0.2, -0.15) is 0 Å². The summed E-state index contributed by atoms with van der Waals surface area (Å²) in [6, 6.07) is 6.67. The Kier molecular flexibility index (Phi) is 2.92. The van der Waals surface area contributed by atoms with Crippen LogP contribution in [0.15, 0.2) is 29.1 Å². The minimum atomic E-state index is -0.619. The van der Waals surface area contributed by atoms with Crippen LogP contribution >= 0.6 is 22.9 Å². The lowest BCUT2D eigenvalue weighted by atomic mass is 10.1. The summed E-state index contributed by atoms with van der Waals surface area (Å²) in [5.74, 6) is -0.696. The molecule has 19 heavy (non-hydrogen) atoms. The minimum Gasteiger partial charge on any atom is -0.295 e. The molecule has 2 aromatic rings. The van der Waals surface area contributed by atoms with Crippen LogP contribution in [0.1, 0.15) is 18.9 Å². The second kappa shape index (κ2) is 4.48. The molecule has 1 aliphatic rings. The van der Waals surface area contributed by atoms with Gasteiger partial charge in [0.1, 0.15) is 6.04 Å². The summed E-state index contributed by atoms with van der Waals surface area (Å²) < 4.78 is 2.94. The van der Waals surface area contributed by atoms with E-state index in [0.717, 1.165) is 5.52 Å². The number of imidazole rings is 1. The lowest BCUT2D eigenvalue weighted by molar-refractivity contribution is -0.135. The number of hydrogen-bond acceptors (Lipinski definition) is 3. The smallest absolute Gasteiger partial charge is 0.295 e. The number of para-hydroxylation sites is 2. The van der Waals surface area contributed by atoms with Crippen LogP contribution in [0.3, 0.4) is 0 Å². The number of hydrogen-bond donors (Lipinski definition) is 1. The first-order valence-electron chi connectivity index (χ1n) is 5.81. The summed E-state index contributed by atoms with van der Waals surface area (Å²) in [6.45, 7) is 0. The molecule has 0 aliphatic carbocycles. The van der Waals surface area contributed by atoms with Gasteiger partial charge >= 0.3 is 5.69 Å². The number of halogens is 1. The topological polar surface area (TPSA) is 73.1 Å². The Hall–Kier alpha value is -1.64. The number of nitrogens with one attached hydrogen (secondary N) is 1. The van der Waals surface area contributed by atoms with Gasteiger partial charge in [-0.3, -0.25) is 19.5 Å². The summed E-state index contributed by atoms with van der Waals surface area (Å²) in [7, 11) is 0. The fourth-order valence-corrected chi connectivity index (χ4v) is 3.00. The van der Waals surface area contributed by atoms with Crippen molar-refractivity contribution in [2.75, 3.05) is 0 Å². The number of imide groups is 1. The van der Waals surface area contributed by atoms with Crippen molar-refractivity contribution in [2.45, 2.75) is 18.9 Å². The van der Waals surface area contributed by atoms with Gasteiger partial charge in [0.15, 0.2) is 0 Å². The zero-order valence-electron chi connectivity index (χ0n) is 9.80. The number of carbonyl (C=O) groups is 2. The van der Waals surface area contributed by atoms with Crippen LogP contribution in [0.25, 0.3) is 11.0 Å². The van der Waals surface area contributed by atoms with Gasteiger partial charge < -0.3 is 0 Å². The third-order valence-corrected chi connectivity index (χ3v) is 4.18. The number of piperidine rings is 1. The monoisotopic (exact) mass is 371 g/mol. The van der Waals surface area contributed by atoms with Crippen molar-refractivity contribution < 1.29 is 9.59 Å². The summed E-state index contributed by atoms with van der Waals surface area (Å²) in [5.41, 5.74) is 1.21. The summed E-state index contributed by atoms with van der Waals surface area (Å²) in [5, 5.41) is 2.28. The molecular weight excluding hydrogens is 361 g/mol. The molecule has 0 bridgehead atoms. The minimum absolute atomic E-state index is 0.253. The molecule has 0 spiro atoms. The normalized spacial score (nSPS) is 19.7. The Bertz CT molecular complexity index is 746. The summed E-state index contributed by atoms with van der Waals surface area (Å²) in [4.78, 5) is 35.4. The molecule has 0 radical (unpaired) electrons. The quantitative estimate of drug-likeness (QED) is 0.600. The van der Waals surface area contributed by atoms with Crippen molar-refractivity contribution in [3.05, 3.63) is 34.7 Å². The first kappa shape index (κ1) is 12.4. The molecule has 98 valence electrons. The molecule has 6 nitrogen and oxygen atoms in total. The van der Waals surface area contributed by atoms with Gasteiger partial charge in [-0.25, -0.2) is 7.58 Å². The van der Waals surface area contributed by atoms with Crippen LogP contribution in [0.2, 0.25) is 0 Å². The molecule has 0 saturated carbocycles. The van der Waals surface area contributed by atoms with Gasteiger partial charge in [-0.1, -0.05) is 12.1 Å².